The van der Waals surface area contributed by atoms with Gasteiger partial charge in [-0.05, 0) is 12.1 Å². The summed E-state index contributed by atoms with van der Waals surface area (Å²) in [5.74, 6) is -0.504. The van der Waals surface area contributed by atoms with E-state index in [1.54, 1.807) is 42.3 Å². The quantitative estimate of drug-likeness (QED) is 0.343. The van der Waals surface area contributed by atoms with Crippen molar-refractivity contribution >= 4 is 11.8 Å². The number of likely N-dealkylation sites (N-methyl/N-ethyl adjacent to an activating group) is 1. The highest BCUT2D eigenvalue weighted by Crippen LogP contribution is 2.13. The van der Waals surface area contributed by atoms with E-state index in [0.717, 1.165) is 0 Å². The molecule has 19 heavy (non-hydrogen) atoms. The molecule has 1 aromatic carbocycles. The second-order valence-electron chi connectivity index (χ2n) is 4.08. The van der Waals surface area contributed by atoms with Gasteiger partial charge in [-0.15, -0.1) is 0 Å². The van der Waals surface area contributed by atoms with Crippen LogP contribution in [0.25, 0.3) is 0 Å². The number of para-hydroxylation sites is 1. The summed E-state index contributed by atoms with van der Waals surface area (Å²) in [7, 11) is 1.66. The first-order valence-electron chi connectivity index (χ1n) is 5.75. The largest absolute Gasteiger partial charge is 0.421 e. The molecule has 1 aliphatic rings. The lowest BCUT2D eigenvalue weighted by molar-refractivity contribution is -0.492. The molecule has 7 nitrogen and oxygen atoms in total. The number of esters is 1. The Balaban J connectivity index is 2.16. The number of nitro groups is 1. The Morgan fingerprint density at radius 3 is 2.68 bits per heavy atom. The second-order valence-corrected chi connectivity index (χ2v) is 4.08. The summed E-state index contributed by atoms with van der Waals surface area (Å²) in [6.07, 6.45) is 0. The van der Waals surface area contributed by atoms with Crippen LogP contribution in [0, 0.1) is 10.1 Å². The van der Waals surface area contributed by atoms with Gasteiger partial charge >= 0.3 is 12.0 Å². The van der Waals surface area contributed by atoms with Crippen molar-refractivity contribution in [3.63, 3.8) is 0 Å². The number of benzene rings is 1. The first kappa shape index (κ1) is 13.0. The van der Waals surface area contributed by atoms with E-state index >= 15 is 0 Å². The molecule has 0 radical (unpaired) electrons. The van der Waals surface area contributed by atoms with Crippen molar-refractivity contribution in [2.24, 2.45) is 4.99 Å². The Labute approximate surface area is 109 Å². The lowest BCUT2D eigenvalue weighted by Crippen LogP contribution is -2.45. The van der Waals surface area contributed by atoms with Crippen molar-refractivity contribution in [2.45, 2.75) is 6.04 Å². The number of rotatable bonds is 4. The van der Waals surface area contributed by atoms with Crippen LogP contribution in [0.5, 0.6) is 5.75 Å². The van der Waals surface area contributed by atoms with Gasteiger partial charge in [0.25, 0.3) is 0 Å². The van der Waals surface area contributed by atoms with Crippen molar-refractivity contribution in [1.82, 2.24) is 4.90 Å². The van der Waals surface area contributed by atoms with Gasteiger partial charge < -0.3 is 9.64 Å². The predicted molar refractivity (Wildman–Crippen MR) is 67.8 cm³/mol. The molecule has 0 N–H and O–H groups in total. The lowest BCUT2D eigenvalue weighted by atomic mass is 10.2. The number of hydrogen-bond donors (Lipinski definition) is 0. The Bertz CT molecular complexity index is 515. The highest BCUT2D eigenvalue weighted by molar-refractivity contribution is 6.04. The molecule has 1 atom stereocenters. The number of aliphatic imine (C=N–C) groups is 1. The molecule has 2 rings (SSSR count). The average Bonchev–Trinajstić information content (AvgIpc) is 2.77. The zero-order valence-corrected chi connectivity index (χ0v) is 10.4. The normalized spacial score (nSPS) is 15.8. The van der Waals surface area contributed by atoms with Crippen LogP contribution in [-0.2, 0) is 4.79 Å². The van der Waals surface area contributed by atoms with Gasteiger partial charge in [0, 0.05) is 18.5 Å². The minimum Gasteiger partial charge on any atom is -0.421 e. The minimum absolute atomic E-state index is 0.144. The third kappa shape index (κ3) is 2.87. The standard InChI is InChI=1S/C12H13N3O4/c1-14-8-7-13-11(14)10(15(17)18)12(16)19-9-5-3-2-4-6-9/h2-6,10H,7-8H2,1H3. The second kappa shape index (κ2) is 5.47. The van der Waals surface area contributed by atoms with Crippen LogP contribution in [0.15, 0.2) is 35.3 Å². The van der Waals surface area contributed by atoms with Crippen LogP contribution in [-0.4, -0.2) is 47.8 Å². The van der Waals surface area contributed by atoms with Crippen molar-refractivity contribution < 1.29 is 14.5 Å². The van der Waals surface area contributed by atoms with E-state index in [4.69, 9.17) is 4.74 Å². The van der Waals surface area contributed by atoms with Gasteiger partial charge in [0.1, 0.15) is 5.75 Å². The van der Waals surface area contributed by atoms with Crippen LogP contribution in [0.2, 0.25) is 0 Å². The van der Waals surface area contributed by atoms with Crippen molar-refractivity contribution in [3.8, 4) is 5.75 Å². The molecule has 7 heteroatoms. The number of ether oxygens (including phenoxy) is 1. The van der Waals surface area contributed by atoms with Gasteiger partial charge in [0.15, 0.2) is 5.84 Å². The summed E-state index contributed by atoms with van der Waals surface area (Å²) in [5, 5.41) is 11.1. The fourth-order valence-electron chi connectivity index (χ4n) is 1.79. The summed E-state index contributed by atoms with van der Waals surface area (Å²) in [6, 6.07) is 6.68. The summed E-state index contributed by atoms with van der Waals surface area (Å²) >= 11 is 0. The third-order valence-corrected chi connectivity index (χ3v) is 2.74. The highest BCUT2D eigenvalue weighted by atomic mass is 16.6. The molecule has 1 heterocycles. The molecule has 0 bridgehead atoms. The first-order chi connectivity index (χ1) is 9.09. The van der Waals surface area contributed by atoms with Crippen LogP contribution >= 0.6 is 0 Å². The van der Waals surface area contributed by atoms with Gasteiger partial charge in [-0.2, -0.15) is 0 Å². The van der Waals surface area contributed by atoms with E-state index in [2.05, 4.69) is 4.99 Å². The molecule has 0 saturated carbocycles. The summed E-state index contributed by atoms with van der Waals surface area (Å²) < 4.78 is 5.01. The van der Waals surface area contributed by atoms with Crippen molar-refractivity contribution in [3.05, 3.63) is 40.4 Å². The molecule has 0 aromatic heterocycles. The Hall–Kier alpha value is -2.44. The highest BCUT2D eigenvalue weighted by Gasteiger charge is 2.41. The summed E-state index contributed by atoms with van der Waals surface area (Å²) in [4.78, 5) is 27.9. The maximum Gasteiger partial charge on any atom is 0.395 e. The number of amidine groups is 1. The number of nitrogens with zero attached hydrogens (tertiary/aromatic N) is 3. The Morgan fingerprint density at radius 1 is 1.47 bits per heavy atom. The van der Waals surface area contributed by atoms with Crippen LogP contribution < -0.4 is 4.74 Å². The van der Waals surface area contributed by atoms with E-state index in [9.17, 15) is 14.9 Å². The fraction of sp³-hybridized carbons (Fsp3) is 0.333. The summed E-state index contributed by atoms with van der Waals surface area (Å²) in [5.41, 5.74) is 0. The molecule has 1 unspecified atom stereocenters. The zero-order valence-electron chi connectivity index (χ0n) is 10.4. The smallest absolute Gasteiger partial charge is 0.395 e. The summed E-state index contributed by atoms with van der Waals surface area (Å²) in [6.45, 7) is 1.02. The lowest BCUT2D eigenvalue weighted by Gasteiger charge is -2.16. The van der Waals surface area contributed by atoms with Gasteiger partial charge in [0.2, 0.25) is 0 Å². The van der Waals surface area contributed by atoms with E-state index in [1.807, 2.05) is 0 Å². The topological polar surface area (TPSA) is 85.0 Å². The minimum atomic E-state index is -1.58. The number of carbonyl (C=O) groups is 1. The van der Waals surface area contributed by atoms with E-state index < -0.39 is 16.9 Å². The Kier molecular flexibility index (Phi) is 3.74. The van der Waals surface area contributed by atoms with E-state index in [1.165, 1.54) is 0 Å². The van der Waals surface area contributed by atoms with Crippen molar-refractivity contribution in [2.75, 3.05) is 20.1 Å². The van der Waals surface area contributed by atoms with Gasteiger partial charge in [0.05, 0.1) is 6.54 Å². The van der Waals surface area contributed by atoms with E-state index in [-0.39, 0.29) is 11.6 Å². The van der Waals surface area contributed by atoms with Gasteiger partial charge in [-0.25, -0.2) is 4.79 Å². The van der Waals surface area contributed by atoms with Gasteiger partial charge in [-0.1, -0.05) is 18.2 Å². The van der Waals surface area contributed by atoms with Crippen LogP contribution in [0.3, 0.4) is 0 Å². The fourth-order valence-corrected chi connectivity index (χ4v) is 1.79. The SMILES string of the molecule is CN1CCN=C1C(C(=O)Oc1ccccc1)[N+](=O)[O-]. The maximum atomic E-state index is 11.9. The van der Waals surface area contributed by atoms with Crippen molar-refractivity contribution in [1.29, 1.82) is 0 Å². The Morgan fingerprint density at radius 2 is 2.16 bits per heavy atom. The molecule has 0 amide bonds. The number of carbonyl (C=O) groups excluding carboxylic acids is 1. The molecule has 1 aliphatic heterocycles. The number of hydrogen-bond acceptors (Lipinski definition) is 6. The first-order valence-corrected chi connectivity index (χ1v) is 5.75. The molecular weight excluding hydrogens is 250 g/mol. The zero-order chi connectivity index (χ0) is 13.8. The van der Waals surface area contributed by atoms with E-state index in [0.29, 0.717) is 13.1 Å². The molecule has 0 fully saturated rings. The molecule has 0 aliphatic carbocycles. The molecule has 1 aromatic rings. The average molecular weight is 263 g/mol. The maximum absolute atomic E-state index is 11.9. The van der Waals surface area contributed by atoms with Crippen LogP contribution in [0.1, 0.15) is 0 Å². The molecule has 100 valence electrons. The monoisotopic (exact) mass is 263 g/mol. The molecule has 0 saturated heterocycles. The third-order valence-electron chi connectivity index (χ3n) is 2.74. The predicted octanol–water partition coefficient (Wildman–Crippen LogP) is 0.581. The van der Waals surface area contributed by atoms with Crippen LogP contribution in [0.4, 0.5) is 0 Å². The molecule has 0 spiro atoms. The van der Waals surface area contributed by atoms with Gasteiger partial charge in [-0.3, -0.25) is 15.1 Å². The molecular formula is C12H13N3O4.